The molecule has 0 bridgehead atoms. The maximum atomic E-state index is 12.4. The summed E-state index contributed by atoms with van der Waals surface area (Å²) in [6.45, 7) is 5.88. The van der Waals surface area contributed by atoms with E-state index in [1.54, 1.807) is 0 Å². The van der Waals surface area contributed by atoms with E-state index in [9.17, 15) is 9.59 Å². The van der Waals surface area contributed by atoms with E-state index in [-0.39, 0.29) is 23.7 Å². The molecule has 0 aliphatic heterocycles. The number of methoxy groups -OCH3 is 1. The molecule has 0 atom stereocenters. The number of nitrogens with one attached hydrogen (secondary N) is 1. The Hall–Kier alpha value is -1.18. The predicted molar refractivity (Wildman–Crippen MR) is 93.4 cm³/mol. The zero-order valence-electron chi connectivity index (χ0n) is 13.9. The zero-order chi connectivity index (χ0) is 16.5. The molecule has 1 aliphatic carbocycles. The number of ether oxygens (including phenoxy) is 1. The highest BCUT2D eigenvalue weighted by atomic mass is 35.5. The Morgan fingerprint density at radius 3 is 2.35 bits per heavy atom. The third-order valence-corrected chi connectivity index (χ3v) is 4.83. The Bertz CT molecular complexity index is 589. The molecule has 1 heterocycles. The largest absolute Gasteiger partial charge is 0.465 e. The molecule has 1 amide bonds. The molecule has 23 heavy (non-hydrogen) atoms. The molecule has 1 aliphatic rings. The molecule has 3 N–H and O–H groups in total. The number of nitrogens with zero attached hydrogens (tertiary/aromatic N) is 1. The van der Waals surface area contributed by atoms with E-state index in [0.717, 1.165) is 24.2 Å². The molecule has 130 valence electrons. The van der Waals surface area contributed by atoms with Crippen molar-refractivity contribution in [3.8, 4) is 0 Å². The molecule has 0 unspecified atom stereocenters. The van der Waals surface area contributed by atoms with E-state index in [0.29, 0.717) is 28.5 Å². The number of carbonyl (C=O) groups is 2. The number of rotatable bonds is 3. The van der Waals surface area contributed by atoms with Gasteiger partial charge in [-0.2, -0.15) is 0 Å². The maximum absolute atomic E-state index is 12.4. The lowest BCUT2D eigenvalue weighted by Crippen LogP contribution is -2.48. The molecule has 1 aromatic heterocycles. The number of amides is 1. The summed E-state index contributed by atoms with van der Waals surface area (Å²) >= 11 is 1.13. The lowest BCUT2D eigenvalue weighted by atomic mass is 9.91. The molecule has 0 radical (unpaired) electrons. The van der Waals surface area contributed by atoms with Crippen LogP contribution in [0.2, 0.25) is 0 Å². The second-order valence-electron chi connectivity index (χ2n) is 6.76. The van der Waals surface area contributed by atoms with Crippen LogP contribution in [0.5, 0.6) is 0 Å². The Balaban J connectivity index is 0.00000264. The number of aromatic nitrogens is 1. The van der Waals surface area contributed by atoms with E-state index < -0.39 is 11.5 Å². The summed E-state index contributed by atoms with van der Waals surface area (Å²) in [5, 5.41) is 3.17. The molecule has 6 nitrogen and oxygen atoms in total. The quantitative estimate of drug-likeness (QED) is 0.807. The van der Waals surface area contributed by atoms with Gasteiger partial charge < -0.3 is 15.8 Å². The highest BCUT2D eigenvalue weighted by Gasteiger charge is 2.38. The zero-order valence-corrected chi connectivity index (χ0v) is 15.5. The van der Waals surface area contributed by atoms with Crippen molar-refractivity contribution >= 4 is 40.8 Å². The minimum absolute atomic E-state index is 0. The monoisotopic (exact) mass is 361 g/mol. The van der Waals surface area contributed by atoms with Gasteiger partial charge in [0.15, 0.2) is 5.13 Å². The fourth-order valence-electron chi connectivity index (χ4n) is 2.57. The van der Waals surface area contributed by atoms with Crippen LogP contribution >= 0.6 is 23.7 Å². The normalized spacial score (nSPS) is 16.6. The molecule has 0 saturated heterocycles. The lowest BCUT2D eigenvalue weighted by molar-refractivity contribution is -0.121. The second-order valence-corrected chi connectivity index (χ2v) is 7.75. The first kappa shape index (κ1) is 19.9. The number of halogens is 1. The van der Waals surface area contributed by atoms with Crippen molar-refractivity contribution in [3.63, 3.8) is 0 Å². The Kier molecular flexibility index (Phi) is 6.18. The number of nitrogens with two attached hydrogens (primary N) is 1. The molecular formula is C15H24ClN3O3S. The topological polar surface area (TPSA) is 94.3 Å². The van der Waals surface area contributed by atoms with Crippen LogP contribution in [0, 0.1) is 0 Å². The number of carbonyl (C=O) groups excluding carboxylic acids is 2. The van der Waals surface area contributed by atoms with Crippen molar-refractivity contribution in [2.75, 3.05) is 12.4 Å². The van der Waals surface area contributed by atoms with Crippen molar-refractivity contribution in [3.05, 3.63) is 10.6 Å². The maximum Gasteiger partial charge on any atom is 0.350 e. The smallest absolute Gasteiger partial charge is 0.350 e. The van der Waals surface area contributed by atoms with Crippen molar-refractivity contribution in [2.45, 2.75) is 57.4 Å². The number of hydrogen-bond acceptors (Lipinski definition) is 6. The van der Waals surface area contributed by atoms with E-state index in [1.807, 2.05) is 20.8 Å². The first-order valence-corrected chi connectivity index (χ1v) is 8.19. The molecule has 0 spiro atoms. The van der Waals surface area contributed by atoms with Gasteiger partial charge >= 0.3 is 5.97 Å². The van der Waals surface area contributed by atoms with Gasteiger partial charge in [0.1, 0.15) is 4.88 Å². The van der Waals surface area contributed by atoms with Crippen molar-refractivity contribution < 1.29 is 14.3 Å². The number of anilines is 1. The van der Waals surface area contributed by atoms with Crippen LogP contribution in [0.3, 0.4) is 0 Å². The van der Waals surface area contributed by atoms with E-state index in [4.69, 9.17) is 10.5 Å². The second kappa shape index (κ2) is 7.15. The molecule has 1 fully saturated rings. The Morgan fingerprint density at radius 1 is 1.30 bits per heavy atom. The van der Waals surface area contributed by atoms with Gasteiger partial charge in [-0.15, -0.1) is 12.4 Å². The summed E-state index contributed by atoms with van der Waals surface area (Å²) in [7, 11) is 1.33. The predicted octanol–water partition coefficient (Wildman–Crippen LogP) is 2.86. The highest BCUT2D eigenvalue weighted by Crippen LogP contribution is 2.34. The number of esters is 1. The minimum atomic E-state index is -0.820. The third kappa shape index (κ3) is 4.22. The third-order valence-electron chi connectivity index (χ3n) is 3.88. The van der Waals surface area contributed by atoms with Crippen molar-refractivity contribution in [2.24, 2.45) is 5.73 Å². The summed E-state index contributed by atoms with van der Waals surface area (Å²) in [5.41, 5.74) is 5.62. The van der Waals surface area contributed by atoms with Gasteiger partial charge in [0, 0.05) is 5.41 Å². The Morgan fingerprint density at radius 2 is 1.87 bits per heavy atom. The van der Waals surface area contributed by atoms with Crippen LogP contribution in [0.4, 0.5) is 5.13 Å². The van der Waals surface area contributed by atoms with Crippen molar-refractivity contribution in [1.82, 2.24) is 4.98 Å². The summed E-state index contributed by atoms with van der Waals surface area (Å²) in [4.78, 5) is 29.1. The average Bonchev–Trinajstić information content (AvgIpc) is 3.04. The summed E-state index contributed by atoms with van der Waals surface area (Å²) in [5.74, 6) is -0.665. The van der Waals surface area contributed by atoms with Gasteiger partial charge in [-0.25, -0.2) is 9.78 Å². The Labute approximate surface area is 146 Å². The van der Waals surface area contributed by atoms with Crippen LogP contribution in [0.15, 0.2) is 0 Å². The fourth-order valence-corrected chi connectivity index (χ4v) is 3.66. The number of hydrogen-bond donors (Lipinski definition) is 2. The van der Waals surface area contributed by atoms with Crippen LogP contribution in [0.25, 0.3) is 0 Å². The minimum Gasteiger partial charge on any atom is -0.465 e. The molecular weight excluding hydrogens is 338 g/mol. The fraction of sp³-hybridized carbons (Fsp3) is 0.667. The molecule has 8 heteroatoms. The SMILES string of the molecule is COC(=O)c1sc(NC(=O)C2(N)CCCC2)nc1C(C)(C)C.Cl. The summed E-state index contributed by atoms with van der Waals surface area (Å²) in [6.07, 6.45) is 3.28. The van der Waals surface area contributed by atoms with Crippen LogP contribution in [-0.2, 0) is 14.9 Å². The molecule has 0 aromatic carbocycles. The van der Waals surface area contributed by atoms with Gasteiger partial charge in [-0.05, 0) is 12.8 Å². The summed E-state index contributed by atoms with van der Waals surface area (Å²) < 4.78 is 4.80. The standard InChI is InChI=1S/C15H23N3O3S.ClH/c1-14(2,3)10-9(11(19)21-4)22-13(17-10)18-12(20)15(16)7-5-6-8-15;/h5-8,16H2,1-4H3,(H,17,18,20);1H. The summed E-state index contributed by atoms with van der Waals surface area (Å²) in [6, 6.07) is 0. The number of thiazole rings is 1. The van der Waals surface area contributed by atoms with Crippen LogP contribution < -0.4 is 11.1 Å². The van der Waals surface area contributed by atoms with Gasteiger partial charge in [0.25, 0.3) is 0 Å². The molecule has 1 saturated carbocycles. The van der Waals surface area contributed by atoms with E-state index in [2.05, 4.69) is 10.3 Å². The lowest BCUT2D eigenvalue weighted by Gasteiger charge is -2.21. The van der Waals surface area contributed by atoms with Crippen LogP contribution in [-0.4, -0.2) is 29.5 Å². The van der Waals surface area contributed by atoms with E-state index >= 15 is 0 Å². The van der Waals surface area contributed by atoms with E-state index in [1.165, 1.54) is 7.11 Å². The average molecular weight is 362 g/mol. The molecule has 2 rings (SSSR count). The first-order valence-electron chi connectivity index (χ1n) is 7.37. The first-order chi connectivity index (χ1) is 10.2. The molecule has 1 aromatic rings. The van der Waals surface area contributed by atoms with Gasteiger partial charge in [-0.3, -0.25) is 4.79 Å². The van der Waals surface area contributed by atoms with Gasteiger partial charge in [0.2, 0.25) is 5.91 Å². The van der Waals surface area contributed by atoms with Crippen LogP contribution in [0.1, 0.15) is 61.8 Å². The highest BCUT2D eigenvalue weighted by molar-refractivity contribution is 7.17. The van der Waals surface area contributed by atoms with Gasteiger partial charge in [0.05, 0.1) is 18.3 Å². The van der Waals surface area contributed by atoms with Crippen molar-refractivity contribution in [1.29, 1.82) is 0 Å². The van der Waals surface area contributed by atoms with Gasteiger partial charge in [-0.1, -0.05) is 44.9 Å².